The molecular formula is C11H17N3OS. The molecule has 0 radical (unpaired) electrons. The molecule has 1 atom stereocenters. The van der Waals surface area contributed by atoms with Crippen molar-refractivity contribution in [1.82, 2.24) is 15.2 Å². The number of hydrogen-bond donors (Lipinski definition) is 1. The van der Waals surface area contributed by atoms with Crippen LogP contribution in [0.15, 0.2) is 10.9 Å². The van der Waals surface area contributed by atoms with Gasteiger partial charge in [-0.2, -0.15) is 0 Å². The van der Waals surface area contributed by atoms with E-state index in [1.807, 2.05) is 15.8 Å². The second-order valence-electron chi connectivity index (χ2n) is 4.12. The lowest BCUT2D eigenvalue weighted by Crippen LogP contribution is -2.52. The van der Waals surface area contributed by atoms with Gasteiger partial charge < -0.3 is 10.2 Å². The van der Waals surface area contributed by atoms with Crippen molar-refractivity contribution in [3.8, 4) is 0 Å². The second-order valence-corrected chi connectivity index (χ2v) is 4.84. The van der Waals surface area contributed by atoms with E-state index in [1.54, 1.807) is 11.3 Å². The van der Waals surface area contributed by atoms with E-state index >= 15 is 0 Å². The minimum absolute atomic E-state index is 0.252. The summed E-state index contributed by atoms with van der Waals surface area (Å²) in [4.78, 5) is 18.1. The zero-order valence-electron chi connectivity index (χ0n) is 9.48. The minimum atomic E-state index is 0.252. The van der Waals surface area contributed by atoms with Crippen LogP contribution >= 0.6 is 11.3 Å². The Bertz CT molecular complexity index is 339. The van der Waals surface area contributed by atoms with Crippen LogP contribution in [0, 0.1) is 0 Å². The van der Waals surface area contributed by atoms with E-state index in [1.165, 1.54) is 0 Å². The summed E-state index contributed by atoms with van der Waals surface area (Å²) in [5.41, 5.74) is 2.84. The number of nitrogens with one attached hydrogen (secondary N) is 1. The average molecular weight is 239 g/mol. The van der Waals surface area contributed by atoms with E-state index < -0.39 is 0 Å². The molecule has 1 aromatic heterocycles. The van der Waals surface area contributed by atoms with E-state index in [0.29, 0.717) is 12.5 Å². The van der Waals surface area contributed by atoms with E-state index in [0.717, 1.165) is 31.7 Å². The quantitative estimate of drug-likeness (QED) is 0.852. The molecular weight excluding hydrogens is 222 g/mol. The van der Waals surface area contributed by atoms with Crippen LogP contribution in [0.3, 0.4) is 0 Å². The highest BCUT2D eigenvalue weighted by Gasteiger charge is 2.22. The number of rotatable bonds is 3. The zero-order chi connectivity index (χ0) is 11.4. The molecule has 2 rings (SSSR count). The summed E-state index contributed by atoms with van der Waals surface area (Å²) >= 11 is 1.58. The molecule has 0 bridgehead atoms. The number of amides is 1. The molecule has 0 unspecified atom stereocenters. The van der Waals surface area contributed by atoms with Crippen molar-refractivity contribution in [2.24, 2.45) is 0 Å². The number of hydrogen-bond acceptors (Lipinski definition) is 4. The summed E-state index contributed by atoms with van der Waals surface area (Å²) in [5.74, 6) is 0.252. The fraction of sp³-hybridized carbons (Fsp3) is 0.636. The lowest BCUT2D eigenvalue weighted by Gasteiger charge is -2.34. The second kappa shape index (κ2) is 5.41. The van der Waals surface area contributed by atoms with E-state index in [-0.39, 0.29) is 5.91 Å². The Morgan fingerprint density at radius 2 is 2.62 bits per heavy atom. The van der Waals surface area contributed by atoms with Crippen LogP contribution in [0.2, 0.25) is 0 Å². The van der Waals surface area contributed by atoms with E-state index in [2.05, 4.69) is 17.2 Å². The van der Waals surface area contributed by atoms with Crippen molar-refractivity contribution in [3.63, 3.8) is 0 Å². The van der Waals surface area contributed by atoms with Gasteiger partial charge in [-0.15, -0.1) is 11.3 Å². The Kier molecular flexibility index (Phi) is 3.90. The van der Waals surface area contributed by atoms with Gasteiger partial charge in [0.2, 0.25) is 5.91 Å². The van der Waals surface area contributed by atoms with Gasteiger partial charge in [-0.25, -0.2) is 4.98 Å². The van der Waals surface area contributed by atoms with Gasteiger partial charge in [0.1, 0.15) is 0 Å². The lowest BCUT2D eigenvalue weighted by atomic mass is 10.1. The van der Waals surface area contributed by atoms with Crippen molar-refractivity contribution in [1.29, 1.82) is 0 Å². The van der Waals surface area contributed by atoms with Gasteiger partial charge in [0, 0.05) is 37.5 Å². The molecule has 4 nitrogen and oxygen atoms in total. The lowest BCUT2D eigenvalue weighted by molar-refractivity contribution is -0.133. The Hall–Kier alpha value is -0.940. The van der Waals surface area contributed by atoms with E-state index in [4.69, 9.17) is 0 Å². The predicted molar refractivity (Wildman–Crippen MR) is 64.5 cm³/mol. The summed E-state index contributed by atoms with van der Waals surface area (Å²) < 4.78 is 0. The highest BCUT2D eigenvalue weighted by molar-refractivity contribution is 7.07. The van der Waals surface area contributed by atoms with Crippen molar-refractivity contribution < 1.29 is 4.79 Å². The number of aryl methyl sites for hydroxylation is 1. The molecule has 1 aliphatic heterocycles. The fourth-order valence-electron chi connectivity index (χ4n) is 1.95. The molecule has 1 fully saturated rings. The van der Waals surface area contributed by atoms with Crippen LogP contribution in [0.25, 0.3) is 0 Å². The molecule has 16 heavy (non-hydrogen) atoms. The van der Waals surface area contributed by atoms with Gasteiger partial charge in [-0.3, -0.25) is 4.79 Å². The van der Waals surface area contributed by atoms with E-state index in [9.17, 15) is 4.79 Å². The molecule has 0 aliphatic carbocycles. The molecule has 0 aromatic carbocycles. The molecule has 1 N–H and O–H groups in total. The number of nitrogens with zero attached hydrogens (tertiary/aromatic N) is 2. The first kappa shape index (κ1) is 11.5. The van der Waals surface area contributed by atoms with Crippen molar-refractivity contribution in [3.05, 3.63) is 16.6 Å². The Morgan fingerprint density at radius 1 is 1.75 bits per heavy atom. The van der Waals surface area contributed by atoms with Gasteiger partial charge in [-0.1, -0.05) is 0 Å². The van der Waals surface area contributed by atoms with Crippen LogP contribution in [0.4, 0.5) is 0 Å². The van der Waals surface area contributed by atoms with Crippen LogP contribution in [0.5, 0.6) is 0 Å². The standard InChI is InChI=1S/C11H17N3OS/c1-9-6-12-4-5-14(9)11(15)3-2-10-7-16-8-13-10/h7-9,12H,2-6H2,1H3/t9-/m1/s1. The normalized spacial score (nSPS) is 21.1. The maximum Gasteiger partial charge on any atom is 0.223 e. The maximum absolute atomic E-state index is 12.0. The molecule has 2 heterocycles. The first-order chi connectivity index (χ1) is 7.77. The summed E-state index contributed by atoms with van der Waals surface area (Å²) in [7, 11) is 0. The van der Waals surface area contributed by atoms with Crippen molar-refractivity contribution >= 4 is 17.2 Å². The SMILES string of the molecule is C[C@@H]1CNCCN1C(=O)CCc1cscn1. The van der Waals surface area contributed by atoms with Gasteiger partial charge in [0.05, 0.1) is 11.2 Å². The Labute approximate surface area is 99.7 Å². The first-order valence-corrected chi connectivity index (χ1v) is 6.59. The Balaban J connectivity index is 1.83. The summed E-state index contributed by atoms with van der Waals surface area (Å²) in [5, 5.41) is 5.29. The number of thiazole rings is 1. The highest BCUT2D eigenvalue weighted by atomic mass is 32.1. The van der Waals surface area contributed by atoms with Gasteiger partial charge >= 0.3 is 0 Å². The third-order valence-electron chi connectivity index (χ3n) is 2.90. The van der Waals surface area contributed by atoms with Crippen LogP contribution < -0.4 is 5.32 Å². The van der Waals surface area contributed by atoms with Crippen LogP contribution in [-0.4, -0.2) is 41.5 Å². The number of aromatic nitrogens is 1. The molecule has 1 aromatic rings. The summed E-state index contributed by atoms with van der Waals surface area (Å²) in [6.07, 6.45) is 1.34. The number of carbonyl (C=O) groups excluding carboxylic acids is 1. The molecule has 88 valence electrons. The highest BCUT2D eigenvalue weighted by Crippen LogP contribution is 2.09. The summed E-state index contributed by atoms with van der Waals surface area (Å²) in [6.45, 7) is 4.74. The monoisotopic (exact) mass is 239 g/mol. The minimum Gasteiger partial charge on any atom is -0.337 e. The molecule has 1 saturated heterocycles. The van der Waals surface area contributed by atoms with Crippen molar-refractivity contribution in [2.45, 2.75) is 25.8 Å². The number of carbonyl (C=O) groups is 1. The van der Waals surface area contributed by atoms with Crippen LogP contribution in [0.1, 0.15) is 19.0 Å². The fourth-order valence-corrected chi connectivity index (χ4v) is 2.54. The molecule has 1 aliphatic rings. The number of piperazine rings is 1. The largest absolute Gasteiger partial charge is 0.337 e. The topological polar surface area (TPSA) is 45.2 Å². The molecule has 5 heteroatoms. The smallest absolute Gasteiger partial charge is 0.223 e. The zero-order valence-corrected chi connectivity index (χ0v) is 10.3. The summed E-state index contributed by atoms with van der Waals surface area (Å²) in [6, 6.07) is 0.316. The average Bonchev–Trinajstić information content (AvgIpc) is 2.79. The maximum atomic E-state index is 12.0. The third-order valence-corrected chi connectivity index (χ3v) is 3.54. The predicted octanol–water partition coefficient (Wildman–Crippen LogP) is 0.896. The molecule has 0 spiro atoms. The molecule has 0 saturated carbocycles. The van der Waals surface area contributed by atoms with Gasteiger partial charge in [-0.05, 0) is 13.3 Å². The molecule has 1 amide bonds. The van der Waals surface area contributed by atoms with Crippen LogP contribution in [-0.2, 0) is 11.2 Å². The Morgan fingerprint density at radius 3 is 3.31 bits per heavy atom. The first-order valence-electron chi connectivity index (χ1n) is 5.64. The third kappa shape index (κ3) is 2.80. The van der Waals surface area contributed by atoms with Crippen molar-refractivity contribution in [2.75, 3.05) is 19.6 Å². The van der Waals surface area contributed by atoms with Gasteiger partial charge in [0.25, 0.3) is 0 Å². The van der Waals surface area contributed by atoms with Gasteiger partial charge in [0.15, 0.2) is 0 Å².